The Bertz CT molecular complexity index is 854. The number of hydrogen-bond donors (Lipinski definition) is 2. The fourth-order valence-electron chi connectivity index (χ4n) is 1.79. The molecule has 0 aliphatic heterocycles. The third kappa shape index (κ3) is 3.08. The molecule has 7 nitrogen and oxygen atoms in total. The van der Waals surface area contributed by atoms with Crippen molar-refractivity contribution < 1.29 is 16.8 Å². The van der Waals surface area contributed by atoms with Crippen LogP contribution in [0, 0.1) is 6.92 Å². The van der Waals surface area contributed by atoms with Gasteiger partial charge in [-0.3, -0.25) is 9.82 Å². The van der Waals surface area contributed by atoms with Crippen LogP contribution >= 0.6 is 0 Å². The largest absolute Gasteiger partial charge is 0.281 e. The van der Waals surface area contributed by atoms with Crippen molar-refractivity contribution in [1.29, 1.82) is 0 Å². The van der Waals surface area contributed by atoms with E-state index in [1.54, 1.807) is 19.1 Å². The zero-order valence-corrected chi connectivity index (χ0v) is 13.1. The van der Waals surface area contributed by atoms with Crippen molar-refractivity contribution in [2.24, 2.45) is 0 Å². The first-order valence-electron chi connectivity index (χ1n) is 6.12. The van der Waals surface area contributed by atoms with Crippen molar-refractivity contribution in [2.75, 3.05) is 10.5 Å². The molecule has 2 aromatic rings. The molecule has 1 aromatic carbocycles. The maximum Gasteiger partial charge on any atom is 0.265 e. The molecule has 0 radical (unpaired) electrons. The first-order valence-corrected chi connectivity index (χ1v) is 9.26. The lowest BCUT2D eigenvalue weighted by atomic mass is 10.3. The normalized spacial score (nSPS) is 12.3. The van der Waals surface area contributed by atoms with Gasteiger partial charge < -0.3 is 0 Å². The van der Waals surface area contributed by atoms with E-state index in [1.165, 1.54) is 25.3 Å². The summed E-state index contributed by atoms with van der Waals surface area (Å²) in [6, 6.07) is 5.90. The lowest BCUT2D eigenvalue weighted by molar-refractivity contribution is 0.597. The minimum absolute atomic E-state index is 0.0220. The Morgan fingerprint density at radius 1 is 1.14 bits per heavy atom. The van der Waals surface area contributed by atoms with E-state index in [9.17, 15) is 16.8 Å². The van der Waals surface area contributed by atoms with Crippen LogP contribution in [-0.4, -0.2) is 32.8 Å². The number of sulfonamides is 1. The van der Waals surface area contributed by atoms with E-state index in [0.29, 0.717) is 5.69 Å². The van der Waals surface area contributed by atoms with Crippen LogP contribution in [0.2, 0.25) is 0 Å². The van der Waals surface area contributed by atoms with Crippen molar-refractivity contribution >= 4 is 25.5 Å². The molecule has 1 aromatic heterocycles. The Labute approximate surface area is 123 Å². The fourth-order valence-corrected chi connectivity index (χ4v) is 4.12. The molecule has 9 heteroatoms. The monoisotopic (exact) mass is 329 g/mol. The highest BCUT2D eigenvalue weighted by Crippen LogP contribution is 2.25. The first kappa shape index (κ1) is 15.5. The molecule has 0 fully saturated rings. The van der Waals surface area contributed by atoms with Gasteiger partial charge in [-0.25, -0.2) is 16.8 Å². The van der Waals surface area contributed by atoms with Gasteiger partial charge >= 0.3 is 0 Å². The highest BCUT2D eigenvalue weighted by Gasteiger charge is 2.23. The molecule has 1 heterocycles. The number of aryl methyl sites for hydroxylation is 1. The Hall–Kier alpha value is -1.87. The minimum atomic E-state index is -3.90. The van der Waals surface area contributed by atoms with E-state index in [2.05, 4.69) is 14.9 Å². The van der Waals surface area contributed by atoms with Crippen LogP contribution in [0.3, 0.4) is 0 Å². The quantitative estimate of drug-likeness (QED) is 0.859. The van der Waals surface area contributed by atoms with Crippen LogP contribution in [0.4, 0.5) is 5.69 Å². The van der Waals surface area contributed by atoms with Crippen LogP contribution in [-0.2, 0) is 19.9 Å². The number of rotatable bonds is 5. The van der Waals surface area contributed by atoms with E-state index >= 15 is 0 Å². The highest BCUT2D eigenvalue weighted by molar-refractivity contribution is 7.93. The molecule has 114 valence electrons. The van der Waals surface area contributed by atoms with Gasteiger partial charge in [0.15, 0.2) is 9.84 Å². The molecule has 0 atom stereocenters. The van der Waals surface area contributed by atoms with Crippen LogP contribution in [0.5, 0.6) is 0 Å². The summed E-state index contributed by atoms with van der Waals surface area (Å²) in [6.07, 6.45) is 1.18. The SMILES string of the molecule is CCS(=O)(=O)c1ccccc1NS(=O)(=O)c1cn[nH]c1C. The summed E-state index contributed by atoms with van der Waals surface area (Å²) < 4.78 is 50.9. The van der Waals surface area contributed by atoms with E-state index in [1.807, 2.05) is 0 Å². The highest BCUT2D eigenvalue weighted by atomic mass is 32.2. The summed E-state index contributed by atoms with van der Waals surface area (Å²) >= 11 is 0. The average molecular weight is 329 g/mol. The zero-order chi connectivity index (χ0) is 15.7. The number of para-hydroxylation sites is 1. The third-order valence-electron chi connectivity index (χ3n) is 2.92. The standard InChI is InChI=1S/C12H15N3O4S2/c1-3-20(16,17)11-7-5-4-6-10(11)15-21(18,19)12-8-13-14-9(12)2/h4-8,15H,3H2,1-2H3,(H,13,14). The predicted molar refractivity (Wildman–Crippen MR) is 78.3 cm³/mol. The number of benzene rings is 1. The molecule has 0 saturated heterocycles. The van der Waals surface area contributed by atoms with Gasteiger partial charge in [0.1, 0.15) is 4.90 Å². The summed E-state index contributed by atoms with van der Waals surface area (Å²) in [7, 11) is -7.43. The third-order valence-corrected chi connectivity index (χ3v) is 6.19. The van der Waals surface area contributed by atoms with E-state index < -0.39 is 19.9 Å². The van der Waals surface area contributed by atoms with Crippen molar-refractivity contribution in [1.82, 2.24) is 10.2 Å². The van der Waals surface area contributed by atoms with Gasteiger partial charge in [0, 0.05) is 0 Å². The lowest BCUT2D eigenvalue weighted by Gasteiger charge is -2.11. The summed E-state index contributed by atoms with van der Waals surface area (Å²) in [5.41, 5.74) is 0.401. The number of anilines is 1. The van der Waals surface area contributed by atoms with Crippen LogP contribution < -0.4 is 4.72 Å². The van der Waals surface area contributed by atoms with Crippen molar-refractivity contribution in [3.63, 3.8) is 0 Å². The van der Waals surface area contributed by atoms with Gasteiger partial charge in [0.05, 0.1) is 28.2 Å². The summed E-state index contributed by atoms with van der Waals surface area (Å²) in [6.45, 7) is 3.07. The molecule has 0 unspecified atom stereocenters. The van der Waals surface area contributed by atoms with Gasteiger partial charge in [-0.2, -0.15) is 5.10 Å². The summed E-state index contributed by atoms with van der Waals surface area (Å²) in [5, 5.41) is 6.18. The zero-order valence-electron chi connectivity index (χ0n) is 11.5. The molecule has 0 aliphatic carbocycles. The molecule has 0 saturated carbocycles. The van der Waals surface area contributed by atoms with E-state index in [0.717, 1.165) is 0 Å². The predicted octanol–water partition coefficient (Wildman–Crippen LogP) is 1.31. The van der Waals surface area contributed by atoms with Gasteiger partial charge in [-0.1, -0.05) is 19.1 Å². The maximum atomic E-state index is 12.3. The van der Waals surface area contributed by atoms with Crippen molar-refractivity contribution in [3.05, 3.63) is 36.2 Å². The molecule has 2 N–H and O–H groups in total. The Morgan fingerprint density at radius 2 is 1.81 bits per heavy atom. The number of nitrogens with zero attached hydrogens (tertiary/aromatic N) is 1. The fraction of sp³-hybridized carbons (Fsp3) is 0.250. The molecular formula is C12H15N3O4S2. The van der Waals surface area contributed by atoms with Crippen LogP contribution in [0.1, 0.15) is 12.6 Å². The molecule has 0 amide bonds. The average Bonchev–Trinajstić information content (AvgIpc) is 2.86. The lowest BCUT2D eigenvalue weighted by Crippen LogP contribution is -2.16. The first-order chi connectivity index (χ1) is 9.78. The van der Waals surface area contributed by atoms with E-state index in [4.69, 9.17) is 0 Å². The number of sulfone groups is 1. The Kier molecular flexibility index (Phi) is 4.06. The second-order valence-electron chi connectivity index (χ2n) is 4.36. The van der Waals surface area contributed by atoms with Crippen LogP contribution in [0.25, 0.3) is 0 Å². The Balaban J connectivity index is 2.49. The topological polar surface area (TPSA) is 109 Å². The molecule has 0 bridgehead atoms. The van der Waals surface area contributed by atoms with Crippen molar-refractivity contribution in [3.8, 4) is 0 Å². The molecule has 0 spiro atoms. The summed E-state index contributed by atoms with van der Waals surface area (Å²) in [4.78, 5) is -0.0663. The molecule has 21 heavy (non-hydrogen) atoms. The van der Waals surface area contributed by atoms with Crippen LogP contribution in [0.15, 0.2) is 40.3 Å². The van der Waals surface area contributed by atoms with Gasteiger partial charge in [0.25, 0.3) is 10.0 Å². The minimum Gasteiger partial charge on any atom is -0.281 e. The van der Waals surface area contributed by atoms with Gasteiger partial charge in [0.2, 0.25) is 0 Å². The van der Waals surface area contributed by atoms with E-state index in [-0.39, 0.29) is 21.2 Å². The van der Waals surface area contributed by atoms with Gasteiger partial charge in [-0.05, 0) is 19.1 Å². The Morgan fingerprint density at radius 3 is 2.38 bits per heavy atom. The summed E-state index contributed by atoms with van der Waals surface area (Å²) in [5.74, 6) is -0.115. The number of hydrogen-bond acceptors (Lipinski definition) is 5. The smallest absolute Gasteiger partial charge is 0.265 e. The second-order valence-corrected chi connectivity index (χ2v) is 8.26. The molecular weight excluding hydrogens is 314 g/mol. The molecule has 0 aliphatic rings. The maximum absolute atomic E-state index is 12.3. The molecule has 2 rings (SSSR count). The number of aromatic amines is 1. The van der Waals surface area contributed by atoms with Gasteiger partial charge in [-0.15, -0.1) is 0 Å². The number of nitrogens with one attached hydrogen (secondary N) is 2. The second kappa shape index (κ2) is 5.49. The van der Waals surface area contributed by atoms with Crippen molar-refractivity contribution in [2.45, 2.75) is 23.6 Å². The number of aromatic nitrogens is 2. The number of H-pyrrole nitrogens is 1.